The summed E-state index contributed by atoms with van der Waals surface area (Å²) in [7, 11) is 1.29. The fourth-order valence-electron chi connectivity index (χ4n) is 4.24. The van der Waals surface area contributed by atoms with E-state index in [9.17, 15) is 14.4 Å². The molecule has 0 bridgehead atoms. The molecule has 1 aliphatic carbocycles. The van der Waals surface area contributed by atoms with Gasteiger partial charge in [-0.3, -0.25) is 14.6 Å². The quantitative estimate of drug-likeness (QED) is 0.568. The Labute approximate surface area is 168 Å². The van der Waals surface area contributed by atoms with Gasteiger partial charge in [0.2, 0.25) is 0 Å². The fourth-order valence-corrected chi connectivity index (χ4v) is 5.26. The Kier molecular flexibility index (Phi) is 5.84. The van der Waals surface area contributed by atoms with E-state index in [1.54, 1.807) is 25.2 Å². The van der Waals surface area contributed by atoms with Gasteiger partial charge < -0.3 is 9.47 Å². The summed E-state index contributed by atoms with van der Waals surface area (Å²) in [5, 5.41) is 0. The van der Waals surface area contributed by atoms with Crippen molar-refractivity contribution >= 4 is 34.8 Å². The Balaban J connectivity index is 2.15. The first-order chi connectivity index (χ1) is 13.3. The van der Waals surface area contributed by atoms with E-state index in [1.807, 2.05) is 26.0 Å². The van der Waals surface area contributed by atoms with E-state index in [0.29, 0.717) is 17.7 Å². The van der Waals surface area contributed by atoms with Gasteiger partial charge in [-0.05, 0) is 45.2 Å². The van der Waals surface area contributed by atoms with Gasteiger partial charge >= 0.3 is 11.9 Å². The zero-order valence-corrected chi connectivity index (χ0v) is 17.6. The number of thiophene rings is 1. The van der Waals surface area contributed by atoms with Crippen LogP contribution < -0.4 is 0 Å². The number of carbonyl (C=O) groups excluding carboxylic acids is 3. The zero-order chi connectivity index (χ0) is 20.6. The van der Waals surface area contributed by atoms with Crippen LogP contribution in [0, 0.1) is 24.7 Å². The number of aliphatic imine (C=N–C) groups is 1. The van der Waals surface area contributed by atoms with Crippen LogP contribution in [0.2, 0.25) is 0 Å². The number of hydrogen-bond donors (Lipinski definition) is 0. The predicted molar refractivity (Wildman–Crippen MR) is 106 cm³/mol. The number of rotatable bonds is 4. The molecule has 28 heavy (non-hydrogen) atoms. The molecule has 0 unspecified atom stereocenters. The summed E-state index contributed by atoms with van der Waals surface area (Å²) in [6.45, 7) is 7.61. The van der Waals surface area contributed by atoms with Crippen molar-refractivity contribution in [2.24, 2.45) is 22.7 Å². The SMILES string of the molecule is CCOC(=O)C1=C(C)N=C2C[C@@H](C)[C@@H](C(=O)OC)C(=O)[C@@H]2[C@H]1c1ccc(C)s1. The van der Waals surface area contributed by atoms with Gasteiger partial charge in [0.1, 0.15) is 5.92 Å². The van der Waals surface area contributed by atoms with E-state index in [1.165, 1.54) is 7.11 Å². The maximum Gasteiger partial charge on any atom is 0.336 e. The lowest BCUT2D eigenvalue weighted by Crippen LogP contribution is -2.48. The summed E-state index contributed by atoms with van der Waals surface area (Å²) < 4.78 is 10.2. The van der Waals surface area contributed by atoms with E-state index in [2.05, 4.69) is 4.99 Å². The number of allylic oxidation sites excluding steroid dienone is 1. The standard InChI is InChI=1S/C21H25NO5S/c1-6-27-21(25)16-12(4)22-13-9-10(2)15(20(24)26-5)19(23)17(13)18(16)14-8-7-11(3)28-14/h7-8,10,15,17-18H,6,9H2,1-5H3/t10-,15-,17+,18+/m1/s1. The first-order valence-corrected chi connectivity index (χ1v) is 10.2. The molecule has 1 saturated carbocycles. The van der Waals surface area contributed by atoms with E-state index >= 15 is 0 Å². The number of hydrogen-bond acceptors (Lipinski definition) is 7. The van der Waals surface area contributed by atoms with Gasteiger partial charge in [-0.15, -0.1) is 11.3 Å². The molecular formula is C21H25NO5S. The predicted octanol–water partition coefficient (Wildman–Crippen LogP) is 3.45. The van der Waals surface area contributed by atoms with Crippen LogP contribution in [0.5, 0.6) is 0 Å². The van der Waals surface area contributed by atoms with Gasteiger partial charge in [-0.1, -0.05) is 6.92 Å². The van der Waals surface area contributed by atoms with E-state index in [-0.39, 0.29) is 18.3 Å². The highest BCUT2D eigenvalue weighted by Gasteiger charge is 2.51. The molecular weight excluding hydrogens is 378 g/mol. The summed E-state index contributed by atoms with van der Waals surface area (Å²) in [6, 6.07) is 3.91. The Morgan fingerprint density at radius 3 is 2.54 bits per heavy atom. The third-order valence-electron chi connectivity index (χ3n) is 5.44. The molecule has 150 valence electrons. The van der Waals surface area contributed by atoms with Crippen molar-refractivity contribution < 1.29 is 23.9 Å². The third kappa shape index (κ3) is 3.43. The Morgan fingerprint density at radius 1 is 1.25 bits per heavy atom. The Morgan fingerprint density at radius 2 is 1.96 bits per heavy atom. The average Bonchev–Trinajstić information content (AvgIpc) is 3.06. The topological polar surface area (TPSA) is 82.0 Å². The highest BCUT2D eigenvalue weighted by molar-refractivity contribution is 7.12. The third-order valence-corrected chi connectivity index (χ3v) is 6.52. The van der Waals surface area contributed by atoms with Gasteiger partial charge in [0.15, 0.2) is 5.78 Å². The van der Waals surface area contributed by atoms with Crippen LogP contribution in [0.4, 0.5) is 0 Å². The normalized spacial score (nSPS) is 27.2. The van der Waals surface area contributed by atoms with Gasteiger partial charge in [-0.25, -0.2) is 4.79 Å². The van der Waals surface area contributed by atoms with Gasteiger partial charge in [0.05, 0.1) is 25.2 Å². The number of esters is 2. The number of carbonyl (C=O) groups is 3. The zero-order valence-electron chi connectivity index (χ0n) is 16.8. The molecule has 2 aliphatic rings. The van der Waals surface area contributed by atoms with E-state index in [4.69, 9.17) is 9.47 Å². The minimum atomic E-state index is -0.848. The van der Waals surface area contributed by atoms with Crippen LogP contribution in [0.1, 0.15) is 42.9 Å². The number of nitrogens with zero attached hydrogens (tertiary/aromatic N) is 1. The Bertz CT molecular complexity index is 881. The van der Waals surface area contributed by atoms with Crippen molar-refractivity contribution in [1.82, 2.24) is 0 Å². The highest BCUT2D eigenvalue weighted by atomic mass is 32.1. The van der Waals surface area contributed by atoms with E-state index < -0.39 is 29.7 Å². The number of Topliss-reactive ketones (excluding diaryl/α,β-unsaturated/α-hetero) is 1. The molecule has 0 aromatic carbocycles. The molecule has 4 atom stereocenters. The molecule has 0 N–H and O–H groups in total. The van der Waals surface area contributed by atoms with Crippen LogP contribution in [0.3, 0.4) is 0 Å². The number of ketones is 1. The molecule has 3 rings (SSSR count). The lowest BCUT2D eigenvalue weighted by atomic mass is 9.65. The molecule has 0 amide bonds. The van der Waals surface area contributed by atoms with Crippen LogP contribution in [0.15, 0.2) is 28.4 Å². The molecule has 1 fully saturated rings. The summed E-state index contributed by atoms with van der Waals surface area (Å²) in [5.74, 6) is -3.40. The lowest BCUT2D eigenvalue weighted by Gasteiger charge is -2.39. The fraction of sp³-hybridized carbons (Fsp3) is 0.524. The molecule has 2 heterocycles. The summed E-state index contributed by atoms with van der Waals surface area (Å²) >= 11 is 1.54. The molecule has 0 spiro atoms. The van der Waals surface area contributed by atoms with Crippen LogP contribution in [-0.4, -0.2) is 37.2 Å². The summed E-state index contributed by atoms with van der Waals surface area (Å²) in [5.41, 5.74) is 1.72. The molecule has 6 nitrogen and oxygen atoms in total. The summed E-state index contributed by atoms with van der Waals surface area (Å²) in [6.07, 6.45) is 0.518. The van der Waals surface area contributed by atoms with Crippen LogP contribution in [0.25, 0.3) is 0 Å². The van der Waals surface area contributed by atoms with Crippen LogP contribution in [-0.2, 0) is 23.9 Å². The largest absolute Gasteiger partial charge is 0.468 e. The Hall–Kier alpha value is -2.28. The highest BCUT2D eigenvalue weighted by Crippen LogP contribution is 2.47. The number of ether oxygens (including phenoxy) is 2. The molecule has 0 radical (unpaired) electrons. The molecule has 7 heteroatoms. The van der Waals surface area contributed by atoms with Crippen molar-refractivity contribution in [2.45, 2.75) is 40.0 Å². The van der Waals surface area contributed by atoms with Gasteiger partial charge in [-0.2, -0.15) is 0 Å². The minimum absolute atomic E-state index is 0.197. The minimum Gasteiger partial charge on any atom is -0.468 e. The first kappa shape index (κ1) is 20.5. The first-order valence-electron chi connectivity index (χ1n) is 9.43. The smallest absolute Gasteiger partial charge is 0.336 e. The average molecular weight is 404 g/mol. The maximum absolute atomic E-state index is 13.4. The van der Waals surface area contributed by atoms with Crippen molar-refractivity contribution in [3.05, 3.63) is 33.2 Å². The van der Waals surface area contributed by atoms with Crippen molar-refractivity contribution in [3.8, 4) is 0 Å². The number of fused-ring (bicyclic) bond motifs is 1. The van der Waals surface area contributed by atoms with Crippen LogP contribution >= 0.6 is 11.3 Å². The van der Waals surface area contributed by atoms with Crippen molar-refractivity contribution in [3.63, 3.8) is 0 Å². The summed E-state index contributed by atoms with van der Waals surface area (Å²) in [4.78, 5) is 45.1. The molecule has 1 aliphatic heterocycles. The second-order valence-corrected chi connectivity index (χ2v) is 8.63. The second-order valence-electron chi connectivity index (χ2n) is 7.31. The van der Waals surface area contributed by atoms with Crippen molar-refractivity contribution in [2.75, 3.05) is 13.7 Å². The second kappa shape index (κ2) is 7.99. The van der Waals surface area contributed by atoms with E-state index in [0.717, 1.165) is 15.5 Å². The van der Waals surface area contributed by atoms with Crippen molar-refractivity contribution in [1.29, 1.82) is 0 Å². The number of methoxy groups -OCH3 is 1. The monoisotopic (exact) mass is 403 g/mol. The molecule has 0 saturated heterocycles. The molecule has 1 aromatic rings. The van der Waals surface area contributed by atoms with Gasteiger partial charge in [0, 0.05) is 27.1 Å². The van der Waals surface area contributed by atoms with Gasteiger partial charge in [0.25, 0.3) is 0 Å². The maximum atomic E-state index is 13.4. The molecule has 1 aromatic heterocycles. The number of aryl methyl sites for hydroxylation is 1. The lowest BCUT2D eigenvalue weighted by molar-refractivity contribution is -0.152.